The number of carboxylic acids is 3. The molecule has 3 aromatic carbocycles. The molecular weight excluding hydrogens is 1930 g/mol. The van der Waals surface area contributed by atoms with Gasteiger partial charge < -0.3 is 128 Å². The molecule has 1 aromatic heterocycles. The summed E-state index contributed by atoms with van der Waals surface area (Å²) in [6, 6.07) is 26.7. The van der Waals surface area contributed by atoms with E-state index in [9.17, 15) is 71.9 Å². The van der Waals surface area contributed by atoms with Crippen molar-refractivity contribution in [3.8, 4) is 0 Å². The maximum absolute atomic E-state index is 12.7. The number of amides is 2. The van der Waals surface area contributed by atoms with Crippen LogP contribution in [-0.2, 0) is 167 Å². The third-order valence-electron chi connectivity index (χ3n) is 22.2. The van der Waals surface area contributed by atoms with Crippen LogP contribution < -0.4 is 27.8 Å². The summed E-state index contributed by atoms with van der Waals surface area (Å²) >= 11 is 0. The number of hydrogen-bond donors (Lipinski definition) is 8. The van der Waals surface area contributed by atoms with E-state index in [1.54, 1.807) is 76.5 Å². The maximum Gasteiger partial charge on any atom is 0.358 e. The van der Waals surface area contributed by atoms with Crippen LogP contribution in [0.1, 0.15) is 175 Å². The number of aliphatic carboxylic acids is 2. The molecule has 0 bridgehead atoms. The number of ketones is 7. The molecule has 11 N–H and O–H groups in total. The second-order valence-corrected chi connectivity index (χ2v) is 38.0. The Bertz CT molecular complexity index is 4320. The Morgan fingerprint density at radius 3 is 0.932 bits per heavy atom. The van der Waals surface area contributed by atoms with Crippen LogP contribution >= 0.6 is 0 Å². The number of aryl methyl sites for hydroxylation is 1. The largest absolute Gasteiger partial charge is 0.481 e. The number of carbonyl (C=O) groups excluding carboxylic acids is 12. The Labute approximate surface area is 871 Å². The summed E-state index contributed by atoms with van der Waals surface area (Å²) in [7, 11) is 16.4. The summed E-state index contributed by atoms with van der Waals surface area (Å²) in [6.07, 6.45) is 1.86. The number of nitrogens with zero attached hydrogens (tertiary/aromatic N) is 1. The highest BCUT2D eigenvalue weighted by Crippen LogP contribution is 2.33. The number of hydrogen-bond acceptors (Lipinski definition) is 37. The van der Waals surface area contributed by atoms with Crippen LogP contribution in [0.5, 0.6) is 0 Å². The molecule has 3 fully saturated rings. The monoisotopic (exact) mass is 2100 g/mol. The van der Waals surface area contributed by atoms with Crippen LogP contribution in [0.15, 0.2) is 102 Å². The molecule has 4 aromatic rings. The van der Waals surface area contributed by atoms with E-state index in [1.165, 1.54) is 70.1 Å². The lowest BCUT2D eigenvalue weighted by atomic mass is 9.91. The van der Waals surface area contributed by atoms with E-state index < -0.39 is 100 Å². The van der Waals surface area contributed by atoms with Crippen LogP contribution in [0.3, 0.4) is 0 Å². The number of nitrogens with one attached hydrogen (secondary N) is 2. The van der Waals surface area contributed by atoms with Crippen molar-refractivity contribution >= 4 is 88.1 Å². The summed E-state index contributed by atoms with van der Waals surface area (Å²) in [5.41, 5.74) is 17.6. The molecule has 0 spiro atoms. The third kappa shape index (κ3) is 61.7. The molecule has 0 radical (unpaired) electrons. The van der Waals surface area contributed by atoms with E-state index in [1.807, 2.05) is 119 Å². The minimum absolute atomic E-state index is 0.00625. The summed E-state index contributed by atoms with van der Waals surface area (Å²) in [4.78, 5) is 176. The molecule has 4 heterocycles. The standard InChI is InChI=1S/C19H33NO6.C18H32N2O6.C17H24O5.C12H16O3.C11H15NO3.C10H18O5.C9H17NO2.C5H5NO3.C5H10O3/c1-12(2)7-15(17(22)19(4)11-26-19)20-18(23)14(10-25-6)8-16(21)13(3)9-24-5;1-11(2)6-14(16(22)18(3)10-26-18)20-17(23)12(8-24-4)7-15(21)13(19)9-25-5;1-13(10-20-2)16(18)9-15(12-21-3)17(19)22-11-14-7-5-4-6-8-14;1-10(8-14-2)12(13)15-9-11-6-4-3-5-7-11;1-14-8-10(12)11(13)15-7-9-5-3-2-4-6-9;1-7(5-14-2)9(11)4-8(6-15-3)10(12)13;1-6(2)4-7(10)8(11)9(3)5-12-9;1-3-2-4(5(7)8)6-9-3;1-4(3-8-2)5(6)7/h12-15H,7-11H2,1-6H3,(H,20,23);11-14H,6-10,19H2,1-5H3,(H,20,23);4-8,13,15H,9-12H2,1-3H3;3-7,10H,8-9H2,1-2H3;2-6,10H,7-8,12H2,1H3;7-8H,4-6H2,1-3H3,(H,12,13);6-7H,4-5,10H2,1-3H3;2H,1H3,(H,7,8);4H,3H2,1-2H3,(H,6,7)/t13-,14-,15-,19+;12-,13-,14-,18+;13-,15-;2*10-;7-,8-;7-,9+;;4-/m0000000.0/s1. The number of nitrogens with two attached hydrogens (primary N) is 3. The van der Waals surface area contributed by atoms with E-state index in [-0.39, 0.29) is 191 Å². The Morgan fingerprint density at radius 1 is 0.345 bits per heavy atom. The fraction of sp³-hybridized carbons (Fsp3) is 0.660. The zero-order valence-corrected chi connectivity index (χ0v) is 91.5. The van der Waals surface area contributed by atoms with Crippen LogP contribution in [0, 0.1) is 77.9 Å². The fourth-order valence-corrected chi connectivity index (χ4v) is 13.1. The SMILES string of the molecule is CC(C)C[C@H](N)C(=O)[C@@]1(C)CO1.COC[C@H](C)C(=O)O.COC[C@H](C)C(=O)OCc1ccccc1.COC[C@H](CC(=O)[C@@H](C)COC)C(=O)N[C@@H](CC(C)C)C(=O)[C@@]1(C)CO1.COC[C@H](CC(=O)[C@@H](C)COC)C(=O)O.COC[C@H](CC(=O)[C@@H](C)COC)C(=O)OCc1ccccc1.COC[C@H](CC(=O)[C@@H](N)COC)C(=O)N[C@@H](CC(C)C)C(=O)[C@@]1(C)CO1.COC[C@H](N)C(=O)OCc1ccccc1.Cc1cc(C(=O)O)no1. The van der Waals surface area contributed by atoms with Crippen molar-refractivity contribution in [3.05, 3.63) is 125 Å². The number of ether oxygens (including phenoxy) is 17. The molecule has 2 amide bonds. The summed E-state index contributed by atoms with van der Waals surface area (Å²) in [5.74, 6) is -8.07. The molecule has 42 heteroatoms. The van der Waals surface area contributed by atoms with Crippen LogP contribution in [0.2, 0.25) is 0 Å². The molecule has 0 unspecified atom stereocenters. The zero-order chi connectivity index (χ0) is 113. The van der Waals surface area contributed by atoms with E-state index in [0.717, 1.165) is 23.1 Å². The predicted molar refractivity (Wildman–Crippen MR) is 545 cm³/mol. The summed E-state index contributed by atoms with van der Waals surface area (Å²) in [5, 5.41) is 34.2. The fourth-order valence-electron chi connectivity index (χ4n) is 13.1. The number of aromatic nitrogens is 1. The molecule has 0 aliphatic carbocycles. The first-order valence-electron chi connectivity index (χ1n) is 48.9. The minimum Gasteiger partial charge on any atom is -0.481 e. The molecule has 148 heavy (non-hydrogen) atoms. The van der Waals surface area contributed by atoms with Gasteiger partial charge in [0.05, 0.1) is 152 Å². The summed E-state index contributed by atoms with van der Waals surface area (Å²) in [6.45, 7) is 32.0. The van der Waals surface area contributed by atoms with Gasteiger partial charge in [-0.05, 0) is 95.2 Å². The van der Waals surface area contributed by atoms with Gasteiger partial charge in [-0.1, -0.05) is 158 Å². The number of carbonyl (C=O) groups is 15. The van der Waals surface area contributed by atoms with Gasteiger partial charge in [0.25, 0.3) is 0 Å². The highest BCUT2D eigenvalue weighted by molar-refractivity contribution is 5.99. The van der Waals surface area contributed by atoms with Crippen molar-refractivity contribution in [2.45, 2.75) is 216 Å². The van der Waals surface area contributed by atoms with Gasteiger partial charge in [-0.3, -0.25) is 67.1 Å². The van der Waals surface area contributed by atoms with E-state index in [4.69, 9.17) is 108 Å². The Morgan fingerprint density at radius 2 is 0.635 bits per heavy atom. The van der Waals surface area contributed by atoms with Gasteiger partial charge in [0.15, 0.2) is 28.8 Å². The van der Waals surface area contributed by atoms with E-state index >= 15 is 0 Å². The predicted octanol–water partition coefficient (Wildman–Crippen LogP) is 8.73. The highest BCUT2D eigenvalue weighted by atomic mass is 16.6. The molecule has 3 saturated heterocycles. The van der Waals surface area contributed by atoms with Crippen molar-refractivity contribution in [2.75, 3.05) is 171 Å². The van der Waals surface area contributed by atoms with Crippen molar-refractivity contribution in [1.29, 1.82) is 0 Å². The van der Waals surface area contributed by atoms with Crippen molar-refractivity contribution < 1.29 is 172 Å². The first kappa shape index (κ1) is 140. The van der Waals surface area contributed by atoms with Crippen LogP contribution in [0.25, 0.3) is 0 Å². The molecule has 3 aliphatic heterocycles. The van der Waals surface area contributed by atoms with Gasteiger partial charge in [-0.2, -0.15) is 0 Å². The van der Waals surface area contributed by atoms with Gasteiger partial charge in [-0.25, -0.2) is 4.79 Å². The number of Topliss-reactive ketones (excluding diaryl/α,β-unsaturated/α-hetero) is 7. The first-order valence-corrected chi connectivity index (χ1v) is 48.9. The topological polar surface area (TPSA) is 612 Å². The minimum atomic E-state index is -1.06. The number of benzene rings is 3. The second-order valence-electron chi connectivity index (χ2n) is 38.0. The Hall–Kier alpha value is -10.4. The number of carboxylic acid groups (broad SMARTS) is 3. The Balaban J connectivity index is 0. The van der Waals surface area contributed by atoms with Crippen molar-refractivity contribution in [1.82, 2.24) is 15.8 Å². The number of methoxy groups -OCH3 is 11. The molecule has 42 nitrogen and oxygen atoms in total. The van der Waals surface area contributed by atoms with E-state index in [2.05, 4.69) is 38.9 Å². The zero-order valence-electron chi connectivity index (χ0n) is 91.5. The quantitative estimate of drug-likeness (QED) is 0.0116. The first-order chi connectivity index (χ1) is 69.7. The number of rotatable bonds is 62. The van der Waals surface area contributed by atoms with Crippen molar-refractivity contribution in [3.63, 3.8) is 0 Å². The number of esters is 3. The third-order valence-corrected chi connectivity index (χ3v) is 22.2. The Kier molecular flexibility index (Phi) is 73.5. The molecule has 840 valence electrons. The van der Waals surface area contributed by atoms with Gasteiger partial charge in [0, 0.05) is 128 Å². The van der Waals surface area contributed by atoms with Gasteiger partial charge in [0.2, 0.25) is 11.8 Å². The number of epoxide rings is 3. The van der Waals surface area contributed by atoms with Gasteiger partial charge in [-0.15, -0.1) is 0 Å². The highest BCUT2D eigenvalue weighted by Gasteiger charge is 2.52. The average molecular weight is 2100 g/mol. The molecule has 7 rings (SSSR count). The van der Waals surface area contributed by atoms with Gasteiger partial charge >= 0.3 is 35.8 Å². The summed E-state index contributed by atoms with van der Waals surface area (Å²) < 4.78 is 89.2. The lowest BCUT2D eigenvalue weighted by molar-refractivity contribution is -0.154. The smallest absolute Gasteiger partial charge is 0.358 e. The lowest BCUT2D eigenvalue weighted by Crippen LogP contribution is -2.50. The van der Waals surface area contributed by atoms with Crippen molar-refractivity contribution in [2.24, 2.45) is 88.2 Å². The van der Waals surface area contributed by atoms with Gasteiger partial charge in [0.1, 0.15) is 65.8 Å². The normalized spacial score (nSPS) is 17.6. The average Bonchev–Trinajstić information content (AvgIpc) is 1.64. The molecule has 3 aliphatic rings. The van der Waals surface area contributed by atoms with E-state index in [0.29, 0.717) is 77.4 Å². The lowest BCUT2D eigenvalue weighted by Gasteiger charge is -2.24. The molecule has 0 saturated carbocycles. The van der Waals surface area contributed by atoms with Crippen LogP contribution in [-0.4, -0.2) is 326 Å². The van der Waals surface area contributed by atoms with Crippen LogP contribution in [0.4, 0.5) is 0 Å². The number of aromatic carboxylic acids is 1. The second kappa shape index (κ2) is 77.9. The molecule has 17 atom stereocenters. The maximum atomic E-state index is 12.7. The molecular formula is C106H170N6O36.